The number of nitrogens with one attached hydrogen (secondary N) is 3. The number of aryl methyl sites for hydroxylation is 1. The summed E-state index contributed by atoms with van der Waals surface area (Å²) in [5.41, 5.74) is 6.42. The van der Waals surface area contributed by atoms with Crippen LogP contribution in [0.25, 0.3) is 0 Å². The number of halogens is 2. The van der Waals surface area contributed by atoms with Gasteiger partial charge in [0.15, 0.2) is 5.96 Å². The lowest BCUT2D eigenvalue weighted by Crippen LogP contribution is -2.38. The van der Waals surface area contributed by atoms with E-state index >= 15 is 0 Å². The lowest BCUT2D eigenvalue weighted by Gasteiger charge is -2.10. The molecular weight excluding hydrogens is 295 g/mol. The molecule has 0 fully saturated rings. The minimum absolute atomic E-state index is 0.408. The summed E-state index contributed by atoms with van der Waals surface area (Å²) in [4.78, 5) is 11.3. The fraction of sp³-hybridized carbons (Fsp3) is 0.111. The summed E-state index contributed by atoms with van der Waals surface area (Å²) in [6, 6.07) is 2.92. The van der Waals surface area contributed by atoms with Gasteiger partial charge in [0.05, 0.1) is 10.7 Å². The number of carbonyl (C=O) groups excluding carboxylic acids is 1. The molecule has 0 unspecified atom stereocenters. The number of guanidine groups is 1. The topological polar surface area (TPSA) is 91.0 Å². The van der Waals surface area contributed by atoms with E-state index in [2.05, 4.69) is 26.6 Å². The fourth-order valence-electron chi connectivity index (χ4n) is 1.09. The average Bonchev–Trinajstić information content (AvgIpc) is 2.09. The van der Waals surface area contributed by atoms with Crippen LogP contribution in [-0.2, 0) is 0 Å². The summed E-state index contributed by atoms with van der Waals surface area (Å²) in [6.45, 7) is 1.88. The molecule has 2 amide bonds. The first kappa shape index (κ1) is 12.8. The van der Waals surface area contributed by atoms with E-state index < -0.39 is 12.0 Å². The highest BCUT2D eigenvalue weighted by atomic mass is 79.9. The van der Waals surface area contributed by atoms with Crippen molar-refractivity contribution < 1.29 is 4.79 Å². The number of rotatable bonds is 1. The summed E-state index contributed by atoms with van der Waals surface area (Å²) in [5.74, 6) is -0.433. The molecule has 0 saturated carbocycles. The number of benzene rings is 1. The first-order valence-corrected chi connectivity index (χ1v) is 5.45. The van der Waals surface area contributed by atoms with Crippen molar-refractivity contribution in [1.29, 1.82) is 5.41 Å². The number of anilines is 1. The van der Waals surface area contributed by atoms with E-state index in [9.17, 15) is 4.79 Å². The van der Waals surface area contributed by atoms with E-state index in [4.69, 9.17) is 22.7 Å². The Kier molecular flexibility index (Phi) is 4.14. The molecule has 86 valence electrons. The molecule has 0 spiro atoms. The standard InChI is InChI=1S/C9H10BrClN4O/c1-4-2-5(10)7(6(11)3-4)14-9(16)15-8(12)13/h2-3H,1H3,(H5,12,13,14,15,16). The first-order chi connectivity index (χ1) is 7.40. The highest BCUT2D eigenvalue weighted by molar-refractivity contribution is 9.10. The van der Waals surface area contributed by atoms with Crippen LogP contribution >= 0.6 is 27.5 Å². The second kappa shape index (κ2) is 5.18. The molecule has 1 rings (SSSR count). The smallest absolute Gasteiger partial charge is 0.326 e. The summed E-state index contributed by atoms with van der Waals surface area (Å²) < 4.78 is 0.663. The fourth-order valence-corrected chi connectivity index (χ4v) is 2.20. The van der Waals surface area contributed by atoms with E-state index in [1.807, 2.05) is 13.0 Å². The molecule has 1 aromatic carbocycles. The molecule has 0 saturated heterocycles. The summed E-state index contributed by atoms with van der Waals surface area (Å²) in [6.07, 6.45) is 0. The second-order valence-corrected chi connectivity index (χ2v) is 4.36. The zero-order valence-electron chi connectivity index (χ0n) is 8.40. The first-order valence-electron chi connectivity index (χ1n) is 4.28. The molecule has 1 aromatic rings. The number of nitrogens with two attached hydrogens (primary N) is 1. The molecule has 0 heterocycles. The van der Waals surface area contributed by atoms with Crippen LogP contribution in [0.15, 0.2) is 16.6 Å². The van der Waals surface area contributed by atoms with Gasteiger partial charge in [0.1, 0.15) is 0 Å². The molecule has 0 radical (unpaired) electrons. The number of hydrogen-bond donors (Lipinski definition) is 4. The maximum atomic E-state index is 11.3. The van der Waals surface area contributed by atoms with Crippen LogP contribution in [0.3, 0.4) is 0 Å². The monoisotopic (exact) mass is 304 g/mol. The van der Waals surface area contributed by atoms with Crippen LogP contribution < -0.4 is 16.4 Å². The third-order valence-corrected chi connectivity index (χ3v) is 2.60. The Bertz CT molecular complexity index is 426. The minimum Gasteiger partial charge on any atom is -0.370 e. The summed E-state index contributed by atoms with van der Waals surface area (Å²) in [7, 11) is 0. The Hall–Kier alpha value is -1.27. The number of hydrogen-bond acceptors (Lipinski definition) is 2. The quantitative estimate of drug-likeness (QED) is 0.474. The van der Waals surface area contributed by atoms with E-state index in [-0.39, 0.29) is 0 Å². The maximum absolute atomic E-state index is 11.3. The Morgan fingerprint density at radius 2 is 2.19 bits per heavy atom. The van der Waals surface area contributed by atoms with Gasteiger partial charge in [-0.1, -0.05) is 11.6 Å². The zero-order chi connectivity index (χ0) is 12.3. The molecule has 7 heteroatoms. The highest BCUT2D eigenvalue weighted by Gasteiger charge is 2.10. The largest absolute Gasteiger partial charge is 0.370 e. The van der Waals surface area contributed by atoms with Crippen molar-refractivity contribution in [3.8, 4) is 0 Å². The number of amides is 2. The van der Waals surface area contributed by atoms with Crippen molar-refractivity contribution in [2.75, 3.05) is 5.32 Å². The normalized spacial score (nSPS) is 9.69. The molecule has 0 aromatic heterocycles. The predicted octanol–water partition coefficient (Wildman–Crippen LogP) is 2.43. The van der Waals surface area contributed by atoms with Gasteiger partial charge in [-0.05, 0) is 40.5 Å². The van der Waals surface area contributed by atoms with E-state index in [0.29, 0.717) is 15.2 Å². The SMILES string of the molecule is Cc1cc(Cl)c(NC(=O)NC(=N)N)c(Br)c1. The minimum atomic E-state index is -0.612. The lowest BCUT2D eigenvalue weighted by molar-refractivity contribution is 0.256. The lowest BCUT2D eigenvalue weighted by atomic mass is 10.2. The third-order valence-electron chi connectivity index (χ3n) is 1.67. The average molecular weight is 306 g/mol. The van der Waals surface area contributed by atoms with Gasteiger partial charge in [-0.15, -0.1) is 0 Å². The Balaban J connectivity index is 2.89. The van der Waals surface area contributed by atoms with Crippen molar-refractivity contribution in [1.82, 2.24) is 5.32 Å². The van der Waals surface area contributed by atoms with Crippen molar-refractivity contribution >= 4 is 45.2 Å². The van der Waals surface area contributed by atoms with Gasteiger partial charge in [-0.2, -0.15) is 0 Å². The van der Waals surface area contributed by atoms with Crippen LogP contribution in [0.5, 0.6) is 0 Å². The van der Waals surface area contributed by atoms with Gasteiger partial charge in [-0.25, -0.2) is 4.79 Å². The van der Waals surface area contributed by atoms with E-state index in [1.54, 1.807) is 6.07 Å². The Morgan fingerprint density at radius 3 is 2.69 bits per heavy atom. The molecule has 0 aliphatic rings. The molecule has 5 N–H and O–H groups in total. The van der Waals surface area contributed by atoms with Crippen molar-refractivity contribution in [2.45, 2.75) is 6.92 Å². The van der Waals surface area contributed by atoms with Crippen LogP contribution in [0.4, 0.5) is 10.5 Å². The van der Waals surface area contributed by atoms with Crippen LogP contribution in [0.1, 0.15) is 5.56 Å². The number of urea groups is 1. The molecule has 5 nitrogen and oxygen atoms in total. The second-order valence-electron chi connectivity index (χ2n) is 3.10. The zero-order valence-corrected chi connectivity index (χ0v) is 10.7. The summed E-state index contributed by atoms with van der Waals surface area (Å²) >= 11 is 9.24. The van der Waals surface area contributed by atoms with Gasteiger partial charge < -0.3 is 11.1 Å². The highest BCUT2D eigenvalue weighted by Crippen LogP contribution is 2.31. The Morgan fingerprint density at radius 1 is 1.56 bits per heavy atom. The predicted molar refractivity (Wildman–Crippen MR) is 68.0 cm³/mol. The van der Waals surface area contributed by atoms with Gasteiger partial charge in [0.25, 0.3) is 0 Å². The van der Waals surface area contributed by atoms with Gasteiger partial charge >= 0.3 is 6.03 Å². The van der Waals surface area contributed by atoms with Crippen molar-refractivity contribution in [3.63, 3.8) is 0 Å². The maximum Gasteiger partial charge on any atom is 0.326 e. The molecule has 0 aliphatic heterocycles. The van der Waals surface area contributed by atoms with E-state index in [0.717, 1.165) is 5.56 Å². The molecule has 0 aliphatic carbocycles. The molecule has 0 atom stereocenters. The van der Waals surface area contributed by atoms with Crippen LogP contribution in [-0.4, -0.2) is 12.0 Å². The molecule has 0 bridgehead atoms. The van der Waals surface area contributed by atoms with Crippen LogP contribution in [0, 0.1) is 12.3 Å². The Labute approximate surface area is 106 Å². The van der Waals surface area contributed by atoms with Gasteiger partial charge in [0, 0.05) is 4.47 Å². The van der Waals surface area contributed by atoms with Crippen molar-refractivity contribution in [2.24, 2.45) is 5.73 Å². The summed E-state index contributed by atoms with van der Waals surface area (Å²) in [5, 5.41) is 11.9. The van der Waals surface area contributed by atoms with Gasteiger partial charge in [-0.3, -0.25) is 10.7 Å². The molecule has 16 heavy (non-hydrogen) atoms. The van der Waals surface area contributed by atoms with Gasteiger partial charge in [0.2, 0.25) is 0 Å². The van der Waals surface area contributed by atoms with E-state index in [1.165, 1.54) is 0 Å². The third kappa shape index (κ3) is 3.39. The van der Waals surface area contributed by atoms with Crippen LogP contribution in [0.2, 0.25) is 5.02 Å². The number of carbonyl (C=O) groups is 1. The molecular formula is C9H10BrClN4O. The van der Waals surface area contributed by atoms with Crippen molar-refractivity contribution in [3.05, 3.63) is 27.2 Å².